The van der Waals surface area contributed by atoms with E-state index in [-0.39, 0.29) is 5.60 Å². The predicted octanol–water partition coefficient (Wildman–Crippen LogP) is 3.65. The van der Waals surface area contributed by atoms with Crippen molar-refractivity contribution in [3.05, 3.63) is 16.6 Å². The van der Waals surface area contributed by atoms with Crippen LogP contribution in [0.5, 0.6) is 0 Å². The molecule has 1 aliphatic rings. The van der Waals surface area contributed by atoms with Crippen LogP contribution in [0.25, 0.3) is 0 Å². The van der Waals surface area contributed by atoms with Crippen molar-refractivity contribution in [3.63, 3.8) is 0 Å². The molecule has 1 heterocycles. The molecule has 1 fully saturated rings. The summed E-state index contributed by atoms with van der Waals surface area (Å²) in [7, 11) is 2.06. The highest BCUT2D eigenvalue weighted by Gasteiger charge is 2.44. The Morgan fingerprint density at radius 2 is 2.05 bits per heavy atom. The summed E-state index contributed by atoms with van der Waals surface area (Å²) in [5, 5.41) is 3.52. The van der Waals surface area contributed by atoms with E-state index in [0.29, 0.717) is 11.5 Å². The summed E-state index contributed by atoms with van der Waals surface area (Å²) < 4.78 is 6.29. The number of rotatable bonds is 6. The molecule has 0 spiro atoms. The Bertz CT molecular complexity index is 393. The number of hydrogen-bond acceptors (Lipinski definition) is 4. The zero-order chi connectivity index (χ0) is 14.6. The lowest BCUT2D eigenvalue weighted by Crippen LogP contribution is -2.55. The average Bonchev–Trinajstić information content (AvgIpc) is 2.92. The van der Waals surface area contributed by atoms with Gasteiger partial charge in [0.2, 0.25) is 0 Å². The molecule has 1 aromatic heterocycles. The fourth-order valence-corrected chi connectivity index (χ4v) is 3.97. The van der Waals surface area contributed by atoms with Crippen molar-refractivity contribution in [2.24, 2.45) is 5.41 Å². The number of nitrogens with zero attached hydrogens (tertiary/aromatic N) is 1. The minimum absolute atomic E-state index is 0.0109. The molecule has 3 nitrogen and oxygen atoms in total. The van der Waals surface area contributed by atoms with Gasteiger partial charge in [0.25, 0.3) is 0 Å². The molecule has 0 aliphatic heterocycles. The van der Waals surface area contributed by atoms with Gasteiger partial charge >= 0.3 is 0 Å². The van der Waals surface area contributed by atoms with Gasteiger partial charge in [-0.1, -0.05) is 13.8 Å². The minimum Gasteiger partial charge on any atom is -0.374 e. The van der Waals surface area contributed by atoms with E-state index < -0.39 is 0 Å². The van der Waals surface area contributed by atoms with Crippen LogP contribution in [0.2, 0.25) is 0 Å². The van der Waals surface area contributed by atoms with Crippen LogP contribution in [0.3, 0.4) is 0 Å². The van der Waals surface area contributed by atoms with E-state index in [0.717, 1.165) is 25.9 Å². The molecule has 1 aromatic rings. The summed E-state index contributed by atoms with van der Waals surface area (Å²) in [6.45, 7) is 7.66. The van der Waals surface area contributed by atoms with Crippen molar-refractivity contribution in [1.82, 2.24) is 10.3 Å². The van der Waals surface area contributed by atoms with E-state index in [1.807, 2.05) is 11.7 Å². The third kappa shape index (κ3) is 3.60. The summed E-state index contributed by atoms with van der Waals surface area (Å²) in [5.74, 6) is 0. The normalized spacial score (nSPS) is 22.6. The van der Waals surface area contributed by atoms with E-state index in [2.05, 4.69) is 38.1 Å². The summed E-state index contributed by atoms with van der Waals surface area (Å²) in [5.41, 5.74) is 2.37. The van der Waals surface area contributed by atoms with Gasteiger partial charge < -0.3 is 10.1 Å². The standard InChI is InChI=1S/C16H28N2OS/c1-5-19-16(8-6-15(2,3)7-9-16)14(17-4)10-13-11-18-12-20-13/h11-12,14,17H,5-10H2,1-4H3. The second-order valence-electron chi connectivity index (χ2n) is 6.68. The Labute approximate surface area is 127 Å². The molecular weight excluding hydrogens is 268 g/mol. The number of nitrogens with one attached hydrogen (secondary N) is 1. The van der Waals surface area contributed by atoms with Crippen molar-refractivity contribution in [1.29, 1.82) is 0 Å². The Hall–Kier alpha value is -0.450. The molecular formula is C16H28N2OS. The number of hydrogen-bond donors (Lipinski definition) is 1. The van der Waals surface area contributed by atoms with Crippen LogP contribution < -0.4 is 5.32 Å². The third-order valence-corrected chi connectivity index (χ3v) is 5.56. The maximum atomic E-state index is 6.29. The summed E-state index contributed by atoms with van der Waals surface area (Å²) in [4.78, 5) is 5.54. The van der Waals surface area contributed by atoms with E-state index >= 15 is 0 Å². The molecule has 4 heteroatoms. The van der Waals surface area contributed by atoms with Gasteiger partial charge in [0, 0.05) is 30.1 Å². The number of thiazole rings is 1. The zero-order valence-electron chi connectivity index (χ0n) is 13.2. The van der Waals surface area contributed by atoms with Crippen LogP contribution in [0.15, 0.2) is 11.7 Å². The first kappa shape index (κ1) is 15.9. The smallest absolute Gasteiger partial charge is 0.0838 e. The van der Waals surface area contributed by atoms with E-state index in [4.69, 9.17) is 4.74 Å². The summed E-state index contributed by atoms with van der Waals surface area (Å²) >= 11 is 1.74. The fraction of sp³-hybridized carbons (Fsp3) is 0.812. The van der Waals surface area contributed by atoms with Gasteiger partial charge in [-0.3, -0.25) is 4.98 Å². The molecule has 1 unspecified atom stereocenters. The second kappa shape index (κ2) is 6.54. The Morgan fingerprint density at radius 1 is 1.35 bits per heavy atom. The molecule has 0 radical (unpaired) electrons. The molecule has 1 saturated carbocycles. The van der Waals surface area contributed by atoms with Gasteiger partial charge in [0.1, 0.15) is 0 Å². The predicted molar refractivity (Wildman–Crippen MR) is 85.3 cm³/mol. The number of aromatic nitrogens is 1. The molecule has 0 amide bonds. The summed E-state index contributed by atoms with van der Waals surface area (Å²) in [6.07, 6.45) is 7.79. The summed E-state index contributed by atoms with van der Waals surface area (Å²) in [6, 6.07) is 0.374. The van der Waals surface area contributed by atoms with Crippen LogP contribution >= 0.6 is 11.3 Å². The first-order valence-corrected chi connectivity index (χ1v) is 8.58. The van der Waals surface area contributed by atoms with Gasteiger partial charge in [-0.2, -0.15) is 0 Å². The third-order valence-electron chi connectivity index (χ3n) is 4.75. The van der Waals surface area contributed by atoms with Crippen molar-refractivity contribution >= 4 is 11.3 Å². The first-order valence-electron chi connectivity index (χ1n) is 7.70. The van der Waals surface area contributed by atoms with Gasteiger partial charge in [-0.25, -0.2) is 0 Å². The quantitative estimate of drug-likeness (QED) is 0.870. The SMILES string of the molecule is CCOC1(C(Cc2cncs2)NC)CCC(C)(C)CC1. The van der Waals surface area contributed by atoms with Crippen molar-refractivity contribution < 1.29 is 4.74 Å². The molecule has 114 valence electrons. The largest absolute Gasteiger partial charge is 0.374 e. The second-order valence-corrected chi connectivity index (χ2v) is 7.65. The molecule has 1 N–H and O–H groups in total. The highest BCUT2D eigenvalue weighted by Crippen LogP contribution is 2.44. The van der Waals surface area contributed by atoms with Crippen molar-refractivity contribution in [3.8, 4) is 0 Å². The zero-order valence-corrected chi connectivity index (χ0v) is 14.1. The highest BCUT2D eigenvalue weighted by atomic mass is 32.1. The van der Waals surface area contributed by atoms with Gasteiger partial charge in [-0.15, -0.1) is 11.3 Å². The van der Waals surface area contributed by atoms with Crippen LogP contribution in [-0.4, -0.2) is 30.3 Å². The molecule has 1 atom stereocenters. The van der Waals surface area contributed by atoms with Crippen LogP contribution in [0.4, 0.5) is 0 Å². The lowest BCUT2D eigenvalue weighted by atomic mass is 9.68. The van der Waals surface area contributed by atoms with Crippen molar-refractivity contribution in [2.45, 2.75) is 64.5 Å². The number of ether oxygens (including phenoxy) is 1. The van der Waals surface area contributed by atoms with Gasteiger partial charge in [0.15, 0.2) is 0 Å². The van der Waals surface area contributed by atoms with E-state index in [1.54, 1.807) is 11.3 Å². The molecule has 0 saturated heterocycles. The van der Waals surface area contributed by atoms with Gasteiger partial charge in [0.05, 0.1) is 11.1 Å². The van der Waals surface area contributed by atoms with Crippen LogP contribution in [0.1, 0.15) is 51.3 Å². The van der Waals surface area contributed by atoms with Crippen LogP contribution in [0, 0.1) is 5.41 Å². The molecule has 0 bridgehead atoms. The maximum absolute atomic E-state index is 6.29. The lowest BCUT2D eigenvalue weighted by Gasteiger charge is -2.47. The Balaban J connectivity index is 2.13. The Morgan fingerprint density at radius 3 is 2.55 bits per heavy atom. The molecule has 1 aliphatic carbocycles. The van der Waals surface area contributed by atoms with Crippen molar-refractivity contribution in [2.75, 3.05) is 13.7 Å². The topological polar surface area (TPSA) is 34.1 Å². The minimum atomic E-state index is -0.0109. The van der Waals surface area contributed by atoms with E-state index in [9.17, 15) is 0 Å². The monoisotopic (exact) mass is 296 g/mol. The number of likely N-dealkylation sites (N-methyl/N-ethyl adjacent to an activating group) is 1. The lowest BCUT2D eigenvalue weighted by molar-refractivity contribution is -0.105. The highest BCUT2D eigenvalue weighted by molar-refractivity contribution is 7.09. The van der Waals surface area contributed by atoms with Gasteiger partial charge in [-0.05, 0) is 45.1 Å². The molecule has 2 rings (SSSR count). The molecule has 0 aromatic carbocycles. The first-order chi connectivity index (χ1) is 9.51. The average molecular weight is 296 g/mol. The van der Waals surface area contributed by atoms with E-state index in [1.165, 1.54) is 17.7 Å². The maximum Gasteiger partial charge on any atom is 0.0838 e. The fourth-order valence-electron chi connectivity index (χ4n) is 3.33. The Kier molecular flexibility index (Phi) is 5.21. The molecule has 20 heavy (non-hydrogen) atoms. The van der Waals surface area contributed by atoms with Crippen LogP contribution in [-0.2, 0) is 11.2 Å².